The highest BCUT2D eigenvalue weighted by Gasteiger charge is 2.15. The van der Waals surface area contributed by atoms with E-state index >= 15 is 0 Å². The van der Waals surface area contributed by atoms with E-state index in [4.69, 9.17) is 4.74 Å². The van der Waals surface area contributed by atoms with Crippen molar-refractivity contribution < 1.29 is 9.53 Å². The van der Waals surface area contributed by atoms with E-state index in [2.05, 4.69) is 22.8 Å². The van der Waals surface area contributed by atoms with Crippen LogP contribution in [0, 0.1) is 0 Å². The molecule has 0 spiro atoms. The Morgan fingerprint density at radius 1 is 1.24 bits per heavy atom. The minimum Gasteiger partial charge on any atom is -0.497 e. The van der Waals surface area contributed by atoms with E-state index in [0.717, 1.165) is 36.4 Å². The van der Waals surface area contributed by atoms with Gasteiger partial charge in [-0.25, -0.2) is 0 Å². The van der Waals surface area contributed by atoms with Crippen LogP contribution in [0.5, 0.6) is 5.75 Å². The van der Waals surface area contributed by atoms with E-state index < -0.39 is 0 Å². The van der Waals surface area contributed by atoms with Crippen molar-refractivity contribution in [3.8, 4) is 5.75 Å². The molecule has 4 heteroatoms. The third kappa shape index (κ3) is 4.83. The number of ether oxygens (including phenoxy) is 1. The molecule has 25 heavy (non-hydrogen) atoms. The van der Waals surface area contributed by atoms with Crippen LogP contribution in [-0.4, -0.2) is 32.7 Å². The van der Waals surface area contributed by atoms with Gasteiger partial charge in [0.1, 0.15) is 5.75 Å². The van der Waals surface area contributed by atoms with Gasteiger partial charge in [0.15, 0.2) is 0 Å². The molecule has 3 rings (SSSR count). The number of nitrogens with one attached hydrogen (secondary N) is 2. The molecule has 1 aliphatic rings. The van der Waals surface area contributed by atoms with Crippen molar-refractivity contribution in [2.45, 2.75) is 25.2 Å². The lowest BCUT2D eigenvalue weighted by molar-refractivity contribution is 0.0954. The van der Waals surface area contributed by atoms with Gasteiger partial charge in [0.25, 0.3) is 5.91 Å². The summed E-state index contributed by atoms with van der Waals surface area (Å²) in [7, 11) is 1.66. The number of carbonyl (C=O) groups excluding carboxylic acids is 1. The summed E-state index contributed by atoms with van der Waals surface area (Å²) in [5.74, 6) is 1.40. The quantitative estimate of drug-likeness (QED) is 0.851. The summed E-state index contributed by atoms with van der Waals surface area (Å²) in [6.45, 7) is 2.76. The molecule has 1 amide bonds. The molecular formula is C21H26N2O2. The fourth-order valence-corrected chi connectivity index (χ4v) is 3.29. The molecule has 2 N–H and O–H groups in total. The second kappa shape index (κ2) is 8.67. The maximum atomic E-state index is 12.3. The first-order chi connectivity index (χ1) is 12.3. The van der Waals surface area contributed by atoms with Gasteiger partial charge in [0, 0.05) is 18.7 Å². The smallest absolute Gasteiger partial charge is 0.251 e. The zero-order valence-electron chi connectivity index (χ0n) is 14.8. The predicted molar refractivity (Wildman–Crippen MR) is 100 cm³/mol. The van der Waals surface area contributed by atoms with E-state index in [-0.39, 0.29) is 5.91 Å². The summed E-state index contributed by atoms with van der Waals surface area (Å²) in [6, 6.07) is 16.0. The van der Waals surface area contributed by atoms with Gasteiger partial charge in [-0.05, 0) is 67.1 Å². The van der Waals surface area contributed by atoms with Gasteiger partial charge < -0.3 is 15.4 Å². The lowest BCUT2D eigenvalue weighted by Crippen LogP contribution is -2.28. The molecule has 1 atom stereocenters. The Balaban J connectivity index is 1.50. The summed E-state index contributed by atoms with van der Waals surface area (Å²) in [5, 5.41) is 6.43. The SMILES string of the molecule is COc1cccc(CCNC(=O)c2ccc([C@H]3CCCNC3)cc2)c1. The standard InChI is InChI=1S/C21H26N2O2/c1-25-20-6-2-4-16(14-20)11-13-23-21(24)18-9-7-17(8-10-18)19-5-3-12-22-15-19/h2,4,6-10,14,19,22H,3,5,11-13,15H2,1H3,(H,23,24)/t19-/m0/s1. The molecule has 1 aliphatic heterocycles. The second-order valence-electron chi connectivity index (χ2n) is 6.52. The van der Waals surface area contributed by atoms with Crippen LogP contribution in [-0.2, 0) is 6.42 Å². The average Bonchev–Trinajstić information content (AvgIpc) is 2.69. The highest BCUT2D eigenvalue weighted by Crippen LogP contribution is 2.23. The molecule has 0 saturated carbocycles. The number of carbonyl (C=O) groups is 1. The van der Waals surface area contributed by atoms with Crippen molar-refractivity contribution in [3.05, 3.63) is 65.2 Å². The molecule has 2 aromatic carbocycles. The third-order valence-corrected chi connectivity index (χ3v) is 4.77. The summed E-state index contributed by atoms with van der Waals surface area (Å²) in [5.41, 5.74) is 3.19. The molecular weight excluding hydrogens is 312 g/mol. The van der Waals surface area contributed by atoms with Gasteiger partial charge in [-0.2, -0.15) is 0 Å². The minimum absolute atomic E-state index is 0.0174. The lowest BCUT2D eigenvalue weighted by Gasteiger charge is -2.23. The minimum atomic E-state index is -0.0174. The Kier molecular flexibility index (Phi) is 6.07. The Bertz CT molecular complexity index is 691. The molecule has 1 fully saturated rings. The van der Waals surface area contributed by atoms with Gasteiger partial charge in [0.05, 0.1) is 7.11 Å². The van der Waals surface area contributed by atoms with Crippen LogP contribution in [0.1, 0.15) is 40.2 Å². The highest BCUT2D eigenvalue weighted by atomic mass is 16.5. The maximum absolute atomic E-state index is 12.3. The maximum Gasteiger partial charge on any atom is 0.251 e. The Labute approximate surface area is 149 Å². The third-order valence-electron chi connectivity index (χ3n) is 4.77. The Morgan fingerprint density at radius 3 is 2.80 bits per heavy atom. The number of benzene rings is 2. The molecule has 0 unspecified atom stereocenters. The molecule has 0 aromatic heterocycles. The number of amides is 1. The lowest BCUT2D eigenvalue weighted by atomic mass is 9.91. The van der Waals surface area contributed by atoms with Crippen LogP contribution in [0.2, 0.25) is 0 Å². The Hall–Kier alpha value is -2.33. The fourth-order valence-electron chi connectivity index (χ4n) is 3.29. The number of hydrogen-bond donors (Lipinski definition) is 2. The molecule has 0 radical (unpaired) electrons. The normalized spacial score (nSPS) is 17.1. The van der Waals surface area contributed by atoms with Gasteiger partial charge in [-0.1, -0.05) is 24.3 Å². The number of hydrogen-bond acceptors (Lipinski definition) is 3. The van der Waals surface area contributed by atoms with Crippen molar-refractivity contribution in [3.63, 3.8) is 0 Å². The average molecular weight is 338 g/mol. The first kappa shape index (κ1) is 17.5. The molecule has 1 saturated heterocycles. The molecule has 0 aliphatic carbocycles. The van der Waals surface area contributed by atoms with Gasteiger partial charge in [-0.3, -0.25) is 4.79 Å². The summed E-state index contributed by atoms with van der Waals surface area (Å²) < 4.78 is 5.22. The first-order valence-electron chi connectivity index (χ1n) is 8.98. The van der Waals surface area contributed by atoms with E-state index in [1.54, 1.807) is 7.11 Å². The van der Waals surface area contributed by atoms with Crippen molar-refractivity contribution in [1.29, 1.82) is 0 Å². The summed E-state index contributed by atoms with van der Waals surface area (Å²) >= 11 is 0. The molecule has 2 aromatic rings. The highest BCUT2D eigenvalue weighted by molar-refractivity contribution is 5.94. The topological polar surface area (TPSA) is 50.4 Å². The predicted octanol–water partition coefficient (Wildman–Crippen LogP) is 3.13. The summed E-state index contributed by atoms with van der Waals surface area (Å²) in [4.78, 5) is 12.3. The monoisotopic (exact) mass is 338 g/mol. The largest absolute Gasteiger partial charge is 0.497 e. The van der Waals surface area contributed by atoms with Crippen LogP contribution in [0.25, 0.3) is 0 Å². The summed E-state index contributed by atoms with van der Waals surface area (Å²) in [6.07, 6.45) is 3.23. The van der Waals surface area contributed by atoms with Crippen LogP contribution >= 0.6 is 0 Å². The van der Waals surface area contributed by atoms with Crippen molar-refractivity contribution in [2.24, 2.45) is 0 Å². The van der Waals surface area contributed by atoms with Crippen molar-refractivity contribution in [1.82, 2.24) is 10.6 Å². The van der Waals surface area contributed by atoms with E-state index in [0.29, 0.717) is 12.5 Å². The van der Waals surface area contributed by atoms with Crippen molar-refractivity contribution >= 4 is 5.91 Å². The molecule has 132 valence electrons. The zero-order chi connectivity index (χ0) is 17.5. The van der Waals surface area contributed by atoms with E-state index in [1.165, 1.54) is 18.4 Å². The van der Waals surface area contributed by atoms with Crippen LogP contribution < -0.4 is 15.4 Å². The molecule has 1 heterocycles. The number of rotatable bonds is 6. The van der Waals surface area contributed by atoms with Crippen LogP contribution in [0.3, 0.4) is 0 Å². The van der Waals surface area contributed by atoms with Crippen molar-refractivity contribution in [2.75, 3.05) is 26.7 Å². The second-order valence-corrected chi connectivity index (χ2v) is 6.52. The zero-order valence-corrected chi connectivity index (χ0v) is 14.8. The van der Waals surface area contributed by atoms with Crippen LogP contribution in [0.4, 0.5) is 0 Å². The van der Waals surface area contributed by atoms with Gasteiger partial charge >= 0.3 is 0 Å². The van der Waals surface area contributed by atoms with Gasteiger partial charge in [0.2, 0.25) is 0 Å². The van der Waals surface area contributed by atoms with Crippen LogP contribution in [0.15, 0.2) is 48.5 Å². The number of methoxy groups -OCH3 is 1. The Morgan fingerprint density at radius 2 is 2.08 bits per heavy atom. The molecule has 0 bridgehead atoms. The van der Waals surface area contributed by atoms with E-state index in [1.807, 2.05) is 36.4 Å². The number of piperidine rings is 1. The van der Waals surface area contributed by atoms with Gasteiger partial charge in [-0.15, -0.1) is 0 Å². The molecule has 4 nitrogen and oxygen atoms in total. The van der Waals surface area contributed by atoms with E-state index in [9.17, 15) is 4.79 Å². The first-order valence-corrected chi connectivity index (χ1v) is 8.98. The fraction of sp³-hybridized carbons (Fsp3) is 0.381.